The number of rotatable bonds is 8. The summed E-state index contributed by atoms with van der Waals surface area (Å²) in [5.41, 5.74) is 2.44. The maximum Gasteiger partial charge on any atom is 0.342 e. The van der Waals surface area contributed by atoms with E-state index >= 15 is 0 Å². The van der Waals surface area contributed by atoms with Crippen molar-refractivity contribution in [3.8, 4) is 11.5 Å². The molecule has 0 radical (unpaired) electrons. The van der Waals surface area contributed by atoms with Crippen molar-refractivity contribution in [2.75, 3.05) is 6.61 Å². The average Bonchev–Trinajstić information content (AvgIpc) is 2.77. The number of amides is 1. The molecule has 0 spiro atoms. The van der Waals surface area contributed by atoms with Crippen LogP contribution in [0.5, 0.6) is 11.5 Å². The molecule has 0 fully saturated rings. The molecule has 5 nitrogen and oxygen atoms in total. The highest BCUT2D eigenvalue weighted by atomic mass is 16.5. The number of para-hydroxylation sites is 2. The maximum atomic E-state index is 12.5. The predicted octanol–water partition coefficient (Wildman–Crippen LogP) is 5.21. The Labute approximate surface area is 176 Å². The molecule has 154 valence electrons. The second-order valence-corrected chi connectivity index (χ2v) is 6.93. The van der Waals surface area contributed by atoms with Crippen molar-refractivity contribution in [2.24, 2.45) is 0 Å². The molecule has 1 atom stereocenters. The Morgan fingerprint density at radius 2 is 1.57 bits per heavy atom. The first-order valence-electron chi connectivity index (χ1n) is 9.91. The molecule has 0 bridgehead atoms. The van der Waals surface area contributed by atoms with Crippen LogP contribution in [0.15, 0.2) is 78.9 Å². The molecule has 5 heteroatoms. The molecular weight excluding hydrogens is 378 g/mol. The number of nitrogens with one attached hydrogen (secondary N) is 1. The van der Waals surface area contributed by atoms with Crippen LogP contribution in [-0.4, -0.2) is 18.5 Å². The van der Waals surface area contributed by atoms with Crippen LogP contribution in [0.2, 0.25) is 0 Å². The topological polar surface area (TPSA) is 64.6 Å². The quantitative estimate of drug-likeness (QED) is 0.524. The van der Waals surface area contributed by atoms with E-state index in [9.17, 15) is 9.59 Å². The van der Waals surface area contributed by atoms with Gasteiger partial charge in [-0.1, -0.05) is 67.1 Å². The van der Waals surface area contributed by atoms with Gasteiger partial charge in [-0.2, -0.15) is 0 Å². The molecule has 0 unspecified atom stereocenters. The summed E-state index contributed by atoms with van der Waals surface area (Å²) in [4.78, 5) is 24.9. The summed E-state index contributed by atoms with van der Waals surface area (Å²) in [6.07, 6.45) is 0.733. The highest BCUT2D eigenvalue weighted by molar-refractivity contribution is 5.94. The predicted molar refractivity (Wildman–Crippen MR) is 116 cm³/mol. The van der Waals surface area contributed by atoms with Crippen molar-refractivity contribution in [2.45, 2.75) is 26.3 Å². The zero-order chi connectivity index (χ0) is 21.3. The van der Waals surface area contributed by atoms with Gasteiger partial charge in [0.15, 0.2) is 6.61 Å². The molecule has 1 N–H and O–H groups in total. The molecule has 0 aliphatic heterocycles. The van der Waals surface area contributed by atoms with E-state index in [1.54, 1.807) is 36.4 Å². The number of carbonyl (C=O) groups is 2. The largest absolute Gasteiger partial charge is 0.456 e. The lowest BCUT2D eigenvalue weighted by molar-refractivity contribution is -0.125. The van der Waals surface area contributed by atoms with Gasteiger partial charge < -0.3 is 14.8 Å². The number of ether oxygens (including phenoxy) is 2. The average molecular weight is 403 g/mol. The van der Waals surface area contributed by atoms with Gasteiger partial charge in [-0.05, 0) is 43.2 Å². The summed E-state index contributed by atoms with van der Waals surface area (Å²) in [5, 5.41) is 2.92. The molecule has 0 aliphatic carbocycles. The van der Waals surface area contributed by atoms with Crippen molar-refractivity contribution in [1.29, 1.82) is 0 Å². The normalized spacial score (nSPS) is 11.4. The third-order valence-corrected chi connectivity index (χ3v) is 4.64. The third-order valence-electron chi connectivity index (χ3n) is 4.64. The zero-order valence-corrected chi connectivity index (χ0v) is 17.1. The first-order chi connectivity index (χ1) is 14.6. The SMILES string of the molecule is CC[C@@H](NC(=O)COC(=O)c1ccccc1Oc1ccccc1)c1ccc(C)cc1. The van der Waals surface area contributed by atoms with Crippen molar-refractivity contribution < 1.29 is 19.1 Å². The maximum absolute atomic E-state index is 12.5. The summed E-state index contributed by atoms with van der Waals surface area (Å²) < 4.78 is 11.0. The highest BCUT2D eigenvalue weighted by Crippen LogP contribution is 2.25. The van der Waals surface area contributed by atoms with Crippen LogP contribution in [0, 0.1) is 6.92 Å². The summed E-state index contributed by atoms with van der Waals surface area (Å²) >= 11 is 0. The van der Waals surface area contributed by atoms with Gasteiger partial charge in [-0.15, -0.1) is 0 Å². The van der Waals surface area contributed by atoms with Crippen LogP contribution in [0.1, 0.15) is 40.9 Å². The van der Waals surface area contributed by atoms with Gasteiger partial charge in [0.1, 0.15) is 17.1 Å². The van der Waals surface area contributed by atoms with Gasteiger partial charge in [0.05, 0.1) is 6.04 Å². The van der Waals surface area contributed by atoms with E-state index in [1.807, 2.05) is 56.3 Å². The lowest BCUT2D eigenvalue weighted by Crippen LogP contribution is -2.32. The zero-order valence-electron chi connectivity index (χ0n) is 17.1. The van der Waals surface area contributed by atoms with Gasteiger partial charge in [0, 0.05) is 0 Å². The fourth-order valence-corrected chi connectivity index (χ4v) is 3.00. The van der Waals surface area contributed by atoms with Crippen molar-refractivity contribution in [3.63, 3.8) is 0 Å². The minimum atomic E-state index is -0.611. The Kier molecular flexibility index (Phi) is 7.22. The van der Waals surface area contributed by atoms with Crippen LogP contribution >= 0.6 is 0 Å². The molecule has 3 aromatic carbocycles. The molecule has 0 saturated carbocycles. The van der Waals surface area contributed by atoms with E-state index in [-0.39, 0.29) is 24.1 Å². The van der Waals surface area contributed by atoms with E-state index < -0.39 is 5.97 Å². The highest BCUT2D eigenvalue weighted by Gasteiger charge is 2.18. The first-order valence-corrected chi connectivity index (χ1v) is 9.91. The van der Waals surface area contributed by atoms with Gasteiger partial charge >= 0.3 is 5.97 Å². The number of aryl methyl sites for hydroxylation is 1. The van der Waals surface area contributed by atoms with Gasteiger partial charge in [-0.3, -0.25) is 4.79 Å². The Balaban J connectivity index is 1.60. The van der Waals surface area contributed by atoms with E-state index in [0.29, 0.717) is 11.5 Å². The monoisotopic (exact) mass is 403 g/mol. The van der Waals surface area contributed by atoms with Gasteiger partial charge in [-0.25, -0.2) is 4.79 Å². The summed E-state index contributed by atoms with van der Waals surface area (Å²) in [5.74, 6) is 0.0249. The van der Waals surface area contributed by atoms with Crippen LogP contribution in [-0.2, 0) is 9.53 Å². The molecule has 30 heavy (non-hydrogen) atoms. The van der Waals surface area contributed by atoms with Crippen LogP contribution < -0.4 is 10.1 Å². The fourth-order valence-electron chi connectivity index (χ4n) is 3.00. The number of esters is 1. The third kappa shape index (κ3) is 5.70. The molecule has 1 amide bonds. The minimum absolute atomic E-state index is 0.134. The van der Waals surface area contributed by atoms with E-state index in [0.717, 1.165) is 17.5 Å². The standard InChI is InChI=1S/C25H25NO4/c1-3-22(19-15-13-18(2)14-16-19)26-24(27)17-29-25(28)21-11-7-8-12-23(21)30-20-9-5-4-6-10-20/h4-16,22H,3,17H2,1-2H3,(H,26,27)/t22-/m1/s1. The Morgan fingerprint density at radius 1 is 0.900 bits per heavy atom. The fraction of sp³-hybridized carbons (Fsp3) is 0.200. The number of benzene rings is 3. The summed E-state index contributed by atoms with van der Waals surface area (Å²) in [6.45, 7) is 3.65. The van der Waals surface area contributed by atoms with Crippen molar-refractivity contribution >= 4 is 11.9 Å². The molecule has 0 aliphatic rings. The number of hydrogen-bond donors (Lipinski definition) is 1. The van der Waals surface area contributed by atoms with E-state index in [1.165, 1.54) is 0 Å². The second kappa shape index (κ2) is 10.3. The van der Waals surface area contributed by atoms with Gasteiger partial charge in [0.25, 0.3) is 5.91 Å². The van der Waals surface area contributed by atoms with Crippen molar-refractivity contribution in [3.05, 3.63) is 95.6 Å². The molecule has 0 saturated heterocycles. The number of carbonyl (C=O) groups excluding carboxylic acids is 2. The van der Waals surface area contributed by atoms with Crippen molar-refractivity contribution in [1.82, 2.24) is 5.32 Å². The van der Waals surface area contributed by atoms with Gasteiger partial charge in [0.2, 0.25) is 0 Å². The molecular formula is C25H25NO4. The Bertz CT molecular complexity index is 984. The van der Waals surface area contributed by atoms with E-state index in [4.69, 9.17) is 9.47 Å². The van der Waals surface area contributed by atoms with Crippen LogP contribution in [0.3, 0.4) is 0 Å². The Morgan fingerprint density at radius 3 is 2.27 bits per heavy atom. The first kappa shape index (κ1) is 21.1. The molecule has 0 heterocycles. The molecule has 3 aromatic rings. The van der Waals surface area contributed by atoms with Crippen LogP contribution in [0.25, 0.3) is 0 Å². The minimum Gasteiger partial charge on any atom is -0.456 e. The number of hydrogen-bond acceptors (Lipinski definition) is 4. The Hall–Kier alpha value is -3.60. The smallest absolute Gasteiger partial charge is 0.342 e. The van der Waals surface area contributed by atoms with E-state index in [2.05, 4.69) is 5.32 Å². The summed E-state index contributed by atoms with van der Waals surface area (Å²) in [6, 6.07) is 23.8. The lowest BCUT2D eigenvalue weighted by atomic mass is 10.0. The lowest BCUT2D eigenvalue weighted by Gasteiger charge is -2.18. The second-order valence-electron chi connectivity index (χ2n) is 6.93. The molecule has 0 aromatic heterocycles. The van der Waals surface area contributed by atoms with Crippen LogP contribution in [0.4, 0.5) is 0 Å². The molecule has 3 rings (SSSR count). The summed E-state index contributed by atoms with van der Waals surface area (Å²) in [7, 11) is 0.